The van der Waals surface area contributed by atoms with Gasteiger partial charge in [-0.05, 0) is 12.8 Å². The van der Waals surface area contributed by atoms with Gasteiger partial charge >= 0.3 is 12.1 Å². The second kappa shape index (κ2) is 6.42. The van der Waals surface area contributed by atoms with Crippen LogP contribution in [0.3, 0.4) is 0 Å². The van der Waals surface area contributed by atoms with Crippen LogP contribution >= 0.6 is 0 Å². The second-order valence-electron chi connectivity index (χ2n) is 3.06. The van der Waals surface area contributed by atoms with Crippen LogP contribution in [0.4, 0.5) is 13.2 Å². The summed E-state index contributed by atoms with van der Waals surface area (Å²) in [7, 11) is 1.25. The van der Waals surface area contributed by atoms with Crippen molar-refractivity contribution in [2.75, 3.05) is 7.11 Å². The fraction of sp³-hybridized carbons (Fsp3) is 0.778. The van der Waals surface area contributed by atoms with Gasteiger partial charge in [0.25, 0.3) is 0 Å². The molecule has 0 N–H and O–H groups in total. The molecule has 3 nitrogen and oxygen atoms in total. The minimum atomic E-state index is -4.73. The summed E-state index contributed by atoms with van der Waals surface area (Å²) in [6, 6.07) is 0. The molecule has 88 valence electrons. The van der Waals surface area contributed by atoms with Crippen LogP contribution in [-0.2, 0) is 14.3 Å². The molecule has 0 aliphatic heterocycles. The van der Waals surface area contributed by atoms with Crippen molar-refractivity contribution in [2.45, 2.75) is 38.3 Å². The SMILES string of the molecule is COC(=O)CCCCCC(=O)C(F)(F)F. The summed E-state index contributed by atoms with van der Waals surface area (Å²) in [6.45, 7) is 0. The van der Waals surface area contributed by atoms with Crippen molar-refractivity contribution < 1.29 is 27.5 Å². The van der Waals surface area contributed by atoms with E-state index in [1.165, 1.54) is 7.11 Å². The largest absolute Gasteiger partial charge is 0.469 e. The summed E-state index contributed by atoms with van der Waals surface area (Å²) in [6.07, 6.45) is -4.06. The third kappa shape index (κ3) is 6.93. The maximum atomic E-state index is 11.7. The predicted molar refractivity (Wildman–Crippen MR) is 46.2 cm³/mol. The van der Waals surface area contributed by atoms with Crippen molar-refractivity contribution in [3.63, 3.8) is 0 Å². The summed E-state index contributed by atoms with van der Waals surface area (Å²) in [5, 5.41) is 0. The fourth-order valence-corrected chi connectivity index (χ4v) is 0.975. The van der Waals surface area contributed by atoms with E-state index in [4.69, 9.17) is 0 Å². The molecule has 6 heteroatoms. The van der Waals surface area contributed by atoms with Gasteiger partial charge in [0.2, 0.25) is 5.78 Å². The highest BCUT2D eigenvalue weighted by atomic mass is 19.4. The van der Waals surface area contributed by atoms with Gasteiger partial charge in [0, 0.05) is 12.8 Å². The van der Waals surface area contributed by atoms with Gasteiger partial charge in [0.15, 0.2) is 0 Å². The van der Waals surface area contributed by atoms with E-state index in [9.17, 15) is 22.8 Å². The van der Waals surface area contributed by atoms with E-state index in [2.05, 4.69) is 4.74 Å². The number of unbranched alkanes of at least 4 members (excludes halogenated alkanes) is 2. The Morgan fingerprint density at radius 3 is 2.07 bits per heavy atom. The average Bonchev–Trinajstić information content (AvgIpc) is 2.15. The molecule has 15 heavy (non-hydrogen) atoms. The first-order valence-electron chi connectivity index (χ1n) is 4.54. The van der Waals surface area contributed by atoms with E-state index in [0.29, 0.717) is 12.8 Å². The van der Waals surface area contributed by atoms with E-state index in [0.717, 1.165) is 0 Å². The highest BCUT2D eigenvalue weighted by Gasteiger charge is 2.36. The molecule has 0 fully saturated rings. The van der Waals surface area contributed by atoms with Crippen LogP contribution < -0.4 is 0 Å². The molecule has 0 bridgehead atoms. The number of halogens is 3. The van der Waals surface area contributed by atoms with Crippen LogP contribution in [-0.4, -0.2) is 25.0 Å². The lowest BCUT2D eigenvalue weighted by Crippen LogP contribution is -2.22. The van der Waals surface area contributed by atoms with Gasteiger partial charge in [0.05, 0.1) is 7.11 Å². The lowest BCUT2D eigenvalue weighted by Gasteiger charge is -2.04. The first kappa shape index (κ1) is 13.9. The van der Waals surface area contributed by atoms with Crippen molar-refractivity contribution in [3.8, 4) is 0 Å². The third-order valence-corrected chi connectivity index (χ3v) is 1.83. The molecule has 0 aromatic carbocycles. The Labute approximate surface area is 85.6 Å². The molecule has 0 rings (SSSR count). The van der Waals surface area contributed by atoms with Crippen LogP contribution in [0.2, 0.25) is 0 Å². The maximum Gasteiger partial charge on any atom is 0.449 e. The van der Waals surface area contributed by atoms with Crippen molar-refractivity contribution in [1.82, 2.24) is 0 Å². The fourth-order valence-electron chi connectivity index (χ4n) is 0.975. The Balaban J connectivity index is 3.48. The molecule has 0 heterocycles. The van der Waals surface area contributed by atoms with Gasteiger partial charge in [-0.25, -0.2) is 0 Å². The molecule has 0 saturated heterocycles. The van der Waals surface area contributed by atoms with E-state index < -0.39 is 24.3 Å². The Morgan fingerprint density at radius 2 is 1.60 bits per heavy atom. The van der Waals surface area contributed by atoms with Crippen molar-refractivity contribution in [1.29, 1.82) is 0 Å². The average molecular weight is 226 g/mol. The summed E-state index contributed by atoms with van der Waals surface area (Å²) in [4.78, 5) is 21.0. The summed E-state index contributed by atoms with van der Waals surface area (Å²) in [5.41, 5.74) is 0. The number of methoxy groups -OCH3 is 1. The molecular formula is C9H13F3O3. The molecule has 0 aromatic heterocycles. The van der Waals surface area contributed by atoms with Gasteiger partial charge in [-0.1, -0.05) is 6.42 Å². The third-order valence-electron chi connectivity index (χ3n) is 1.83. The zero-order chi connectivity index (χ0) is 11.9. The van der Waals surface area contributed by atoms with Crippen LogP contribution in [0.5, 0.6) is 0 Å². The van der Waals surface area contributed by atoms with Crippen LogP contribution in [0.15, 0.2) is 0 Å². The van der Waals surface area contributed by atoms with Crippen molar-refractivity contribution >= 4 is 11.8 Å². The standard InChI is InChI=1S/C9H13F3O3/c1-15-8(14)6-4-2-3-5-7(13)9(10,11)12/h2-6H2,1H3. The number of rotatable bonds is 6. The topological polar surface area (TPSA) is 43.4 Å². The number of hydrogen-bond acceptors (Lipinski definition) is 3. The summed E-state index contributed by atoms with van der Waals surface area (Å²) < 4.78 is 39.5. The van der Waals surface area contributed by atoms with Crippen LogP contribution in [0.1, 0.15) is 32.1 Å². The number of hydrogen-bond donors (Lipinski definition) is 0. The van der Waals surface area contributed by atoms with Crippen molar-refractivity contribution in [2.24, 2.45) is 0 Å². The molecule has 0 aliphatic rings. The van der Waals surface area contributed by atoms with E-state index in [1.807, 2.05) is 0 Å². The number of alkyl halides is 3. The quantitative estimate of drug-likeness (QED) is 0.515. The first-order valence-corrected chi connectivity index (χ1v) is 4.54. The normalized spacial score (nSPS) is 11.2. The molecule has 0 aromatic rings. The number of carbonyl (C=O) groups excluding carboxylic acids is 2. The molecule has 0 atom stereocenters. The Bertz CT molecular complexity index is 223. The molecule has 0 radical (unpaired) electrons. The van der Waals surface area contributed by atoms with Gasteiger partial charge < -0.3 is 4.74 Å². The van der Waals surface area contributed by atoms with Gasteiger partial charge in [0.1, 0.15) is 0 Å². The van der Waals surface area contributed by atoms with Crippen LogP contribution in [0.25, 0.3) is 0 Å². The maximum absolute atomic E-state index is 11.7. The van der Waals surface area contributed by atoms with Crippen LogP contribution in [0, 0.1) is 0 Å². The zero-order valence-electron chi connectivity index (χ0n) is 8.39. The number of carbonyl (C=O) groups is 2. The lowest BCUT2D eigenvalue weighted by atomic mass is 10.1. The Hall–Kier alpha value is -1.07. The highest BCUT2D eigenvalue weighted by Crippen LogP contribution is 2.19. The molecule has 0 spiro atoms. The minimum absolute atomic E-state index is 0.148. The summed E-state index contributed by atoms with van der Waals surface area (Å²) >= 11 is 0. The molecular weight excluding hydrogens is 213 g/mol. The number of ketones is 1. The Morgan fingerprint density at radius 1 is 1.07 bits per heavy atom. The van der Waals surface area contributed by atoms with E-state index in [1.54, 1.807) is 0 Å². The van der Waals surface area contributed by atoms with E-state index in [-0.39, 0.29) is 12.8 Å². The first-order chi connectivity index (χ1) is 6.88. The minimum Gasteiger partial charge on any atom is -0.469 e. The molecule has 0 unspecified atom stereocenters. The second-order valence-corrected chi connectivity index (χ2v) is 3.06. The smallest absolute Gasteiger partial charge is 0.449 e. The van der Waals surface area contributed by atoms with Crippen molar-refractivity contribution in [3.05, 3.63) is 0 Å². The Kier molecular flexibility index (Phi) is 5.96. The molecule has 0 saturated carbocycles. The number of esters is 1. The zero-order valence-corrected chi connectivity index (χ0v) is 8.39. The predicted octanol–water partition coefficient (Wildman–Crippen LogP) is 2.24. The number of ether oxygens (including phenoxy) is 1. The lowest BCUT2D eigenvalue weighted by molar-refractivity contribution is -0.171. The van der Waals surface area contributed by atoms with Gasteiger partial charge in [-0.15, -0.1) is 0 Å². The molecule has 0 aliphatic carbocycles. The number of Topliss-reactive ketones (excluding diaryl/α,β-unsaturated/α-hetero) is 1. The van der Waals surface area contributed by atoms with Gasteiger partial charge in [-0.2, -0.15) is 13.2 Å². The van der Waals surface area contributed by atoms with Gasteiger partial charge in [-0.3, -0.25) is 9.59 Å². The van der Waals surface area contributed by atoms with E-state index >= 15 is 0 Å². The highest BCUT2D eigenvalue weighted by molar-refractivity contribution is 5.83. The summed E-state index contributed by atoms with van der Waals surface area (Å²) in [5.74, 6) is -2.10. The molecule has 0 amide bonds. The monoisotopic (exact) mass is 226 g/mol.